The molecule has 1 fully saturated rings. The predicted octanol–water partition coefficient (Wildman–Crippen LogP) is 6.04. The van der Waals surface area contributed by atoms with Crippen LogP contribution in [0.15, 0.2) is 47.6 Å². The number of esters is 1. The van der Waals surface area contributed by atoms with Crippen LogP contribution in [0.1, 0.15) is 77.4 Å². The van der Waals surface area contributed by atoms with Gasteiger partial charge in [-0.15, -0.1) is 11.3 Å². The molecule has 4 rings (SSSR count). The molecule has 0 bridgehead atoms. The lowest BCUT2D eigenvalue weighted by Crippen LogP contribution is -2.33. The van der Waals surface area contributed by atoms with Crippen molar-refractivity contribution in [3.63, 3.8) is 0 Å². The molecule has 0 saturated carbocycles. The average molecular weight is 549 g/mol. The second kappa shape index (κ2) is 12.9. The van der Waals surface area contributed by atoms with E-state index in [1.165, 1.54) is 12.0 Å². The molecular formula is C30H36N4O4S. The maximum Gasteiger partial charge on any atom is 0.337 e. The van der Waals surface area contributed by atoms with Gasteiger partial charge in [-0.2, -0.15) is 0 Å². The van der Waals surface area contributed by atoms with E-state index >= 15 is 0 Å². The van der Waals surface area contributed by atoms with E-state index in [4.69, 9.17) is 9.72 Å². The first-order valence-electron chi connectivity index (χ1n) is 13.5. The third-order valence-corrected chi connectivity index (χ3v) is 7.95. The normalized spacial score (nSPS) is 14.6. The van der Waals surface area contributed by atoms with E-state index in [9.17, 15) is 14.4 Å². The molecule has 3 amide bonds. The SMILES string of the molecule is CCCCc1ncc(C=C2C(=O)N(CCCC)C(=O)N2Cc2sccc2C)n1Cc1ccc(C(=O)OC)cc1. The first-order chi connectivity index (χ1) is 18.9. The Bertz CT molecular complexity index is 1360. The molecule has 1 aliphatic heterocycles. The first-order valence-corrected chi connectivity index (χ1v) is 14.4. The average Bonchev–Trinajstić information content (AvgIpc) is 3.59. The van der Waals surface area contributed by atoms with E-state index in [1.54, 1.807) is 40.6 Å². The molecule has 0 spiro atoms. The number of methoxy groups -OCH3 is 1. The summed E-state index contributed by atoms with van der Waals surface area (Å²) in [6.07, 6.45) is 8.06. The third-order valence-electron chi connectivity index (χ3n) is 6.95. The maximum atomic E-state index is 13.6. The molecule has 39 heavy (non-hydrogen) atoms. The molecule has 0 N–H and O–H groups in total. The summed E-state index contributed by atoms with van der Waals surface area (Å²) in [5, 5.41) is 2.01. The number of rotatable bonds is 12. The molecule has 3 aromatic rings. The van der Waals surface area contributed by atoms with Crippen LogP contribution in [0.25, 0.3) is 6.08 Å². The van der Waals surface area contributed by atoms with Crippen LogP contribution >= 0.6 is 11.3 Å². The Labute approximate surface area is 233 Å². The molecule has 1 aliphatic rings. The highest BCUT2D eigenvalue weighted by Gasteiger charge is 2.41. The van der Waals surface area contributed by atoms with Crippen LogP contribution in [0, 0.1) is 6.92 Å². The van der Waals surface area contributed by atoms with E-state index in [1.807, 2.05) is 37.4 Å². The fourth-order valence-electron chi connectivity index (χ4n) is 4.55. The lowest BCUT2D eigenvalue weighted by molar-refractivity contribution is -0.123. The van der Waals surface area contributed by atoms with Crippen LogP contribution in [-0.4, -0.2) is 50.9 Å². The fraction of sp³-hybridized carbons (Fsp3) is 0.400. The number of amides is 3. The lowest BCUT2D eigenvalue weighted by Gasteiger charge is -2.17. The summed E-state index contributed by atoms with van der Waals surface area (Å²) >= 11 is 1.59. The predicted molar refractivity (Wildman–Crippen MR) is 152 cm³/mol. The molecule has 2 aromatic heterocycles. The van der Waals surface area contributed by atoms with Gasteiger partial charge in [-0.3, -0.25) is 14.6 Å². The zero-order chi connectivity index (χ0) is 27.9. The van der Waals surface area contributed by atoms with Crippen molar-refractivity contribution in [1.29, 1.82) is 0 Å². The fourth-order valence-corrected chi connectivity index (χ4v) is 5.45. The summed E-state index contributed by atoms with van der Waals surface area (Å²) in [7, 11) is 1.36. The number of ether oxygens (including phenoxy) is 1. The van der Waals surface area contributed by atoms with Crippen LogP contribution in [0.2, 0.25) is 0 Å². The smallest absolute Gasteiger partial charge is 0.337 e. The van der Waals surface area contributed by atoms with Crippen molar-refractivity contribution < 1.29 is 19.1 Å². The van der Waals surface area contributed by atoms with E-state index < -0.39 is 0 Å². The molecule has 1 saturated heterocycles. The summed E-state index contributed by atoms with van der Waals surface area (Å²) < 4.78 is 6.91. The minimum absolute atomic E-state index is 0.270. The van der Waals surface area contributed by atoms with E-state index in [0.29, 0.717) is 30.9 Å². The van der Waals surface area contributed by atoms with Gasteiger partial charge in [0.1, 0.15) is 11.5 Å². The number of hydrogen-bond donors (Lipinski definition) is 0. The first kappa shape index (κ1) is 28.3. The van der Waals surface area contributed by atoms with Crippen LogP contribution in [0.4, 0.5) is 4.79 Å². The highest BCUT2D eigenvalue weighted by atomic mass is 32.1. The van der Waals surface area contributed by atoms with E-state index in [0.717, 1.165) is 59.6 Å². The lowest BCUT2D eigenvalue weighted by atomic mass is 10.1. The number of benzene rings is 1. The number of imide groups is 1. The van der Waals surface area contributed by atoms with Gasteiger partial charge in [-0.1, -0.05) is 38.8 Å². The molecule has 1 aromatic carbocycles. The monoisotopic (exact) mass is 548 g/mol. The van der Waals surface area contributed by atoms with Gasteiger partial charge in [0.2, 0.25) is 0 Å². The van der Waals surface area contributed by atoms with Crippen LogP contribution < -0.4 is 0 Å². The Morgan fingerprint density at radius 3 is 2.41 bits per heavy atom. The molecule has 206 valence electrons. The number of carbonyl (C=O) groups excluding carboxylic acids is 3. The van der Waals surface area contributed by atoms with Crippen molar-refractivity contribution in [2.45, 2.75) is 66.0 Å². The number of imidazole rings is 1. The summed E-state index contributed by atoms with van der Waals surface area (Å²) in [6, 6.07) is 9.05. The Hall–Kier alpha value is -3.72. The van der Waals surface area contributed by atoms with Gasteiger partial charge in [0, 0.05) is 24.4 Å². The molecule has 9 heteroatoms. The Kier molecular flexibility index (Phi) is 9.35. The quantitative estimate of drug-likeness (QED) is 0.157. The van der Waals surface area contributed by atoms with Gasteiger partial charge >= 0.3 is 12.0 Å². The number of aryl methyl sites for hydroxylation is 2. The van der Waals surface area contributed by atoms with E-state index in [2.05, 4.69) is 11.5 Å². The maximum absolute atomic E-state index is 13.6. The third kappa shape index (κ3) is 6.30. The second-order valence-electron chi connectivity index (χ2n) is 9.71. The number of nitrogens with zero attached hydrogens (tertiary/aromatic N) is 4. The van der Waals surface area contributed by atoms with Gasteiger partial charge in [-0.05, 0) is 60.5 Å². The Morgan fingerprint density at radius 1 is 1.03 bits per heavy atom. The second-order valence-corrected chi connectivity index (χ2v) is 10.7. The number of thiophene rings is 1. The van der Waals surface area contributed by atoms with Crippen LogP contribution in [0.5, 0.6) is 0 Å². The topological polar surface area (TPSA) is 84.7 Å². The van der Waals surface area contributed by atoms with Gasteiger partial charge in [0.05, 0.1) is 31.1 Å². The highest BCUT2D eigenvalue weighted by molar-refractivity contribution is 7.10. The van der Waals surface area contributed by atoms with Crippen molar-refractivity contribution in [3.05, 3.63) is 80.7 Å². The number of carbonyl (C=O) groups is 3. The Morgan fingerprint density at radius 2 is 1.77 bits per heavy atom. The molecule has 8 nitrogen and oxygen atoms in total. The van der Waals surface area contributed by atoms with Crippen molar-refractivity contribution >= 4 is 35.3 Å². The molecule has 0 unspecified atom stereocenters. The zero-order valence-corrected chi connectivity index (χ0v) is 23.9. The number of aromatic nitrogens is 2. The number of urea groups is 1. The minimum Gasteiger partial charge on any atom is -0.465 e. The molecule has 0 atom stereocenters. The van der Waals surface area contributed by atoms with Crippen LogP contribution in [0.3, 0.4) is 0 Å². The summed E-state index contributed by atoms with van der Waals surface area (Å²) in [5.41, 5.74) is 3.71. The zero-order valence-electron chi connectivity index (χ0n) is 23.1. The van der Waals surface area contributed by atoms with Crippen molar-refractivity contribution in [3.8, 4) is 0 Å². The van der Waals surface area contributed by atoms with Crippen molar-refractivity contribution in [2.24, 2.45) is 0 Å². The van der Waals surface area contributed by atoms with Gasteiger partial charge in [0.15, 0.2) is 0 Å². The summed E-state index contributed by atoms with van der Waals surface area (Å²) in [4.78, 5) is 47.6. The largest absolute Gasteiger partial charge is 0.465 e. The van der Waals surface area contributed by atoms with Crippen molar-refractivity contribution in [1.82, 2.24) is 19.4 Å². The number of unbranched alkanes of at least 4 members (excludes halogenated alkanes) is 2. The highest BCUT2D eigenvalue weighted by Crippen LogP contribution is 2.29. The van der Waals surface area contributed by atoms with Gasteiger partial charge in [0.25, 0.3) is 5.91 Å². The van der Waals surface area contributed by atoms with E-state index in [-0.39, 0.29) is 17.9 Å². The van der Waals surface area contributed by atoms with Crippen molar-refractivity contribution in [2.75, 3.05) is 13.7 Å². The Balaban J connectivity index is 1.72. The summed E-state index contributed by atoms with van der Waals surface area (Å²) in [6.45, 7) is 7.48. The van der Waals surface area contributed by atoms with Crippen LogP contribution in [-0.2, 0) is 29.0 Å². The number of hydrogen-bond acceptors (Lipinski definition) is 6. The molecule has 0 aliphatic carbocycles. The molecular weight excluding hydrogens is 512 g/mol. The minimum atomic E-state index is -0.378. The summed E-state index contributed by atoms with van der Waals surface area (Å²) in [5.74, 6) is 0.269. The standard InChI is InChI=1S/C30H36N4O4S/c1-5-7-9-27-31-18-24(33(27)19-22-10-12-23(13-11-22)29(36)38-4)17-25-28(35)32(15-8-6-2)30(37)34(25)20-26-21(3)14-16-39-26/h10-14,16-18H,5-9,15,19-20H2,1-4H3. The molecule has 0 radical (unpaired) electrons. The van der Waals surface area contributed by atoms with Gasteiger partial charge < -0.3 is 9.30 Å². The molecule has 3 heterocycles. The van der Waals surface area contributed by atoms with Gasteiger partial charge in [-0.25, -0.2) is 14.6 Å².